The molecule has 9 nitrogen and oxygen atoms in total. The summed E-state index contributed by atoms with van der Waals surface area (Å²) in [5.74, 6) is -1.88. The summed E-state index contributed by atoms with van der Waals surface area (Å²) >= 11 is 0. The van der Waals surface area contributed by atoms with Crippen molar-refractivity contribution in [3.05, 3.63) is 95.1 Å². The van der Waals surface area contributed by atoms with Crippen LogP contribution in [0.4, 0.5) is 19.3 Å². The summed E-state index contributed by atoms with van der Waals surface area (Å²) in [6.45, 7) is -0.589. The van der Waals surface area contributed by atoms with Gasteiger partial charge in [0.2, 0.25) is 5.91 Å². The average Bonchev–Trinajstić information content (AvgIpc) is 3.78. The number of carbonyl (C=O) groups is 3. The second-order valence-corrected chi connectivity index (χ2v) is 10.2. The lowest BCUT2D eigenvalue weighted by atomic mass is 10.0. The van der Waals surface area contributed by atoms with Gasteiger partial charge in [0.1, 0.15) is 42.2 Å². The van der Waals surface area contributed by atoms with Gasteiger partial charge in [-0.05, 0) is 71.8 Å². The van der Waals surface area contributed by atoms with E-state index >= 15 is 0 Å². The highest BCUT2D eigenvalue weighted by Crippen LogP contribution is 2.40. The maximum atomic E-state index is 14.8. The normalized spacial score (nSPS) is 18.1. The van der Waals surface area contributed by atoms with E-state index in [4.69, 9.17) is 9.84 Å². The van der Waals surface area contributed by atoms with Crippen molar-refractivity contribution in [3.8, 4) is 5.75 Å². The Morgan fingerprint density at radius 3 is 2.34 bits per heavy atom. The van der Waals surface area contributed by atoms with E-state index in [9.17, 15) is 28.3 Å². The molecule has 1 saturated heterocycles. The first-order chi connectivity index (χ1) is 19.7. The second kappa shape index (κ2) is 12.0. The molecule has 5 rings (SSSR count). The molecule has 1 aliphatic heterocycles. The molecule has 11 heteroatoms. The van der Waals surface area contributed by atoms with Crippen LogP contribution < -0.4 is 15.4 Å². The average molecular weight is 566 g/mol. The molecule has 41 heavy (non-hydrogen) atoms. The predicted octanol–water partition coefficient (Wildman–Crippen LogP) is 3.42. The third-order valence-corrected chi connectivity index (χ3v) is 7.09. The molecule has 0 aromatic heterocycles. The molecule has 0 radical (unpaired) electrons. The highest BCUT2D eigenvalue weighted by atomic mass is 19.1. The van der Waals surface area contributed by atoms with Crippen molar-refractivity contribution in [2.45, 2.75) is 43.4 Å². The molecule has 3 aromatic rings. The molecule has 2 fully saturated rings. The first-order valence-electron chi connectivity index (χ1n) is 13.2. The first-order valence-corrected chi connectivity index (χ1v) is 13.2. The van der Waals surface area contributed by atoms with Crippen molar-refractivity contribution < 1.29 is 38.1 Å². The van der Waals surface area contributed by atoms with Gasteiger partial charge >= 0.3 is 6.03 Å². The number of nitrogens with zero attached hydrogens (tertiary/aromatic N) is 1. The van der Waals surface area contributed by atoms with Gasteiger partial charge in [-0.15, -0.1) is 0 Å². The van der Waals surface area contributed by atoms with Crippen LogP contribution in [0, 0.1) is 11.6 Å². The number of benzene rings is 3. The fourth-order valence-corrected chi connectivity index (χ4v) is 4.68. The molecule has 1 heterocycles. The number of urea groups is 1. The quantitative estimate of drug-likeness (QED) is 0.264. The lowest BCUT2D eigenvalue weighted by Crippen LogP contribution is -2.49. The Balaban J connectivity index is 1.36. The summed E-state index contributed by atoms with van der Waals surface area (Å²) < 4.78 is 33.7. The molecule has 2 aliphatic rings. The van der Waals surface area contributed by atoms with Gasteiger partial charge in [-0.2, -0.15) is 0 Å². The number of rotatable bonds is 11. The zero-order valence-corrected chi connectivity index (χ0v) is 21.9. The van der Waals surface area contributed by atoms with Gasteiger partial charge in [0.05, 0.1) is 12.3 Å². The Kier molecular flexibility index (Phi) is 8.27. The van der Waals surface area contributed by atoms with Crippen molar-refractivity contribution in [1.29, 1.82) is 0 Å². The van der Waals surface area contributed by atoms with Crippen molar-refractivity contribution >= 4 is 23.5 Å². The number of carbonyl (C=O) groups excluding carboxylic acids is 3. The summed E-state index contributed by atoms with van der Waals surface area (Å²) in [5.41, 5.74) is 1.69. The fraction of sp³-hybridized carbons (Fsp3) is 0.300. The highest BCUT2D eigenvalue weighted by Gasteiger charge is 2.45. The fourth-order valence-electron chi connectivity index (χ4n) is 4.68. The Morgan fingerprint density at radius 1 is 1.02 bits per heavy atom. The van der Waals surface area contributed by atoms with Crippen LogP contribution in [0.5, 0.6) is 5.75 Å². The van der Waals surface area contributed by atoms with Crippen LogP contribution in [-0.4, -0.2) is 58.3 Å². The maximum Gasteiger partial charge on any atom is 0.325 e. The van der Waals surface area contributed by atoms with E-state index < -0.39 is 54.3 Å². The number of hydrogen-bond donors (Lipinski definition) is 4. The Bertz CT molecular complexity index is 1430. The van der Waals surface area contributed by atoms with Crippen LogP contribution in [0.1, 0.15) is 41.5 Å². The van der Waals surface area contributed by atoms with E-state index in [1.807, 2.05) is 0 Å². The Labute approximate surface area is 234 Å². The minimum atomic E-state index is -1.36. The molecule has 4 amide bonds. The zero-order valence-electron chi connectivity index (χ0n) is 21.9. The van der Waals surface area contributed by atoms with Gasteiger partial charge in [-0.1, -0.05) is 30.3 Å². The topological polar surface area (TPSA) is 128 Å². The molecule has 0 unspecified atom stereocenters. The Morgan fingerprint density at radius 2 is 1.71 bits per heavy atom. The van der Waals surface area contributed by atoms with Gasteiger partial charge in [-0.25, -0.2) is 18.5 Å². The summed E-state index contributed by atoms with van der Waals surface area (Å²) in [4.78, 5) is 40.9. The minimum Gasteiger partial charge on any atom is -0.491 e. The van der Waals surface area contributed by atoms with Crippen molar-refractivity contribution in [2.75, 3.05) is 18.5 Å². The summed E-state index contributed by atoms with van der Waals surface area (Å²) in [6.07, 6.45) is 0.800. The lowest BCUT2D eigenvalue weighted by Gasteiger charge is -2.25. The van der Waals surface area contributed by atoms with E-state index in [0.717, 1.165) is 23.3 Å². The van der Waals surface area contributed by atoms with Gasteiger partial charge in [0.25, 0.3) is 5.91 Å². The molecule has 1 saturated carbocycles. The van der Waals surface area contributed by atoms with Crippen molar-refractivity contribution in [2.24, 2.45) is 0 Å². The van der Waals surface area contributed by atoms with Crippen LogP contribution in [0.25, 0.3) is 0 Å². The first kappa shape index (κ1) is 28.2. The number of imide groups is 1. The van der Waals surface area contributed by atoms with Crippen LogP contribution in [0.15, 0.2) is 66.7 Å². The second-order valence-electron chi connectivity index (χ2n) is 10.2. The molecule has 3 atom stereocenters. The third kappa shape index (κ3) is 6.53. The molecule has 3 aromatic carbocycles. The van der Waals surface area contributed by atoms with Gasteiger partial charge in [0.15, 0.2) is 0 Å². The summed E-state index contributed by atoms with van der Waals surface area (Å²) in [7, 11) is 0. The van der Waals surface area contributed by atoms with Gasteiger partial charge < -0.3 is 25.6 Å². The monoisotopic (exact) mass is 565 g/mol. The number of nitrogens with one attached hydrogen (secondary N) is 2. The largest absolute Gasteiger partial charge is 0.491 e. The number of hydrogen-bond acceptors (Lipinski definition) is 6. The van der Waals surface area contributed by atoms with Crippen LogP contribution in [0.2, 0.25) is 0 Å². The standard InChI is InChI=1S/C30H29F2N3O6/c31-21-8-1-17(2-9-21)13-26(28(38)33-25-12-7-20(14-24(25)32)18-3-4-18)35-29(39)27(34-30(35)40)19-5-10-23(11-6-19)41-16-22(37)15-36/h1-2,5-12,14,18,22,26-27,36-37H,3-4,13,15-16H2,(H,33,38)(H,34,40)/t22-,26+,27-/m1/s1. The van der Waals surface area contributed by atoms with E-state index in [1.54, 1.807) is 18.2 Å². The highest BCUT2D eigenvalue weighted by molar-refractivity contribution is 6.09. The number of halogens is 2. The molecular weight excluding hydrogens is 536 g/mol. The predicted molar refractivity (Wildman–Crippen MR) is 144 cm³/mol. The number of aliphatic hydroxyl groups is 2. The molecule has 0 spiro atoms. The molecule has 0 bridgehead atoms. The molecule has 214 valence electrons. The van der Waals surface area contributed by atoms with E-state index in [-0.39, 0.29) is 18.7 Å². The SMILES string of the molecule is O=C(Nc1ccc(C2CC2)cc1F)[C@H](Cc1ccc(F)cc1)N1C(=O)N[C@H](c2ccc(OC[C@H](O)CO)cc2)C1=O. The molecule has 1 aliphatic carbocycles. The lowest BCUT2D eigenvalue weighted by molar-refractivity contribution is -0.134. The van der Waals surface area contributed by atoms with E-state index in [2.05, 4.69) is 10.6 Å². The number of amides is 4. The minimum absolute atomic E-state index is 0.0750. The zero-order chi connectivity index (χ0) is 29.1. The number of ether oxygens (including phenoxy) is 1. The summed E-state index contributed by atoms with van der Waals surface area (Å²) in [6, 6.07) is 12.8. The van der Waals surface area contributed by atoms with Crippen LogP contribution in [0.3, 0.4) is 0 Å². The van der Waals surface area contributed by atoms with Gasteiger partial charge in [0, 0.05) is 6.42 Å². The van der Waals surface area contributed by atoms with Gasteiger partial charge in [-0.3, -0.25) is 9.59 Å². The Hall–Kier alpha value is -4.35. The van der Waals surface area contributed by atoms with E-state index in [0.29, 0.717) is 22.8 Å². The number of aliphatic hydroxyl groups excluding tert-OH is 2. The van der Waals surface area contributed by atoms with E-state index in [1.165, 1.54) is 48.5 Å². The van der Waals surface area contributed by atoms with Crippen molar-refractivity contribution in [1.82, 2.24) is 10.2 Å². The molecule has 4 N–H and O–H groups in total. The smallest absolute Gasteiger partial charge is 0.325 e. The maximum absolute atomic E-state index is 14.8. The van der Waals surface area contributed by atoms with Crippen molar-refractivity contribution in [3.63, 3.8) is 0 Å². The summed E-state index contributed by atoms with van der Waals surface area (Å²) in [5, 5.41) is 23.5. The van der Waals surface area contributed by atoms with Crippen LogP contribution in [-0.2, 0) is 16.0 Å². The number of anilines is 1. The van der Waals surface area contributed by atoms with Crippen LogP contribution >= 0.6 is 0 Å². The third-order valence-electron chi connectivity index (χ3n) is 7.09. The molecular formula is C30H29F2N3O6.